The molecule has 0 spiro atoms. The summed E-state index contributed by atoms with van der Waals surface area (Å²) in [5.74, 6) is -0.412. The molecule has 11 heteroatoms. The van der Waals surface area contributed by atoms with E-state index in [1.807, 2.05) is 60.7 Å². The molecule has 0 aliphatic carbocycles. The number of esters is 1. The Kier molecular flexibility index (Phi) is 7.68. The summed E-state index contributed by atoms with van der Waals surface area (Å²) in [5.41, 5.74) is 2.36. The Morgan fingerprint density at radius 2 is 1.74 bits per heavy atom. The number of fused-ring (bicyclic) bond motifs is 1. The molecule has 0 amide bonds. The second-order valence-electron chi connectivity index (χ2n) is 7.47. The number of nitrogens with zero attached hydrogens (tertiary/aromatic N) is 4. The fraction of sp³-hybridized carbons (Fsp3) is 0.167. The van der Waals surface area contributed by atoms with Crippen LogP contribution in [0.4, 0.5) is 11.4 Å². The maximum atomic E-state index is 13.1. The third-order valence-corrected chi connectivity index (χ3v) is 6.88. The Hall–Kier alpha value is -3.83. The molecule has 1 heterocycles. The number of rotatable bonds is 9. The van der Waals surface area contributed by atoms with Crippen LogP contribution in [0.15, 0.2) is 77.4 Å². The minimum atomic E-state index is -0.625. The number of nitro benzene ring substituents is 1. The summed E-state index contributed by atoms with van der Waals surface area (Å²) in [5, 5.41) is 18.0. The van der Waals surface area contributed by atoms with Gasteiger partial charge in [0, 0.05) is 13.1 Å². The zero-order valence-corrected chi connectivity index (χ0v) is 20.2. The van der Waals surface area contributed by atoms with Gasteiger partial charge in [0.15, 0.2) is 5.52 Å². The topological polar surface area (TPSA) is 112 Å². The van der Waals surface area contributed by atoms with Crippen LogP contribution < -0.4 is 4.90 Å². The summed E-state index contributed by atoms with van der Waals surface area (Å²) in [4.78, 5) is 25.5. The van der Waals surface area contributed by atoms with Crippen molar-refractivity contribution < 1.29 is 19.1 Å². The first-order chi connectivity index (χ1) is 17.0. The van der Waals surface area contributed by atoms with Gasteiger partial charge in [-0.25, -0.2) is 4.63 Å². The Balaban J connectivity index is 1.44. The van der Waals surface area contributed by atoms with Gasteiger partial charge in [-0.1, -0.05) is 84.6 Å². The normalized spacial score (nSPS) is 11.7. The van der Waals surface area contributed by atoms with E-state index in [-0.39, 0.29) is 23.3 Å². The number of thioether (sulfide) groups is 1. The van der Waals surface area contributed by atoms with Crippen LogP contribution in [0.5, 0.6) is 0 Å². The molecule has 1 unspecified atom stereocenters. The summed E-state index contributed by atoms with van der Waals surface area (Å²) >= 11 is 6.85. The van der Waals surface area contributed by atoms with Gasteiger partial charge in [-0.2, -0.15) is 0 Å². The van der Waals surface area contributed by atoms with Crippen LogP contribution in [0.25, 0.3) is 11.0 Å². The molecule has 0 aliphatic rings. The van der Waals surface area contributed by atoms with Gasteiger partial charge in [0.2, 0.25) is 5.52 Å². The Morgan fingerprint density at radius 3 is 2.43 bits per heavy atom. The summed E-state index contributed by atoms with van der Waals surface area (Å²) < 4.78 is 10.9. The van der Waals surface area contributed by atoms with Crippen molar-refractivity contribution in [3.05, 3.63) is 94.0 Å². The van der Waals surface area contributed by atoms with Gasteiger partial charge >= 0.3 is 11.7 Å². The van der Waals surface area contributed by atoms with Crippen molar-refractivity contribution in [2.24, 2.45) is 0 Å². The second kappa shape index (κ2) is 11.1. The first kappa shape index (κ1) is 24.3. The number of non-ortho nitro benzene ring substituents is 1. The highest BCUT2D eigenvalue weighted by Crippen LogP contribution is 2.34. The van der Waals surface area contributed by atoms with Gasteiger partial charge in [-0.05, 0) is 27.5 Å². The van der Waals surface area contributed by atoms with E-state index in [1.54, 1.807) is 18.0 Å². The average molecular weight is 509 g/mol. The van der Waals surface area contributed by atoms with Crippen molar-refractivity contribution in [2.75, 3.05) is 25.1 Å². The van der Waals surface area contributed by atoms with Crippen LogP contribution >= 0.6 is 24.0 Å². The number of anilines is 1. The van der Waals surface area contributed by atoms with E-state index in [0.29, 0.717) is 16.4 Å². The molecule has 0 saturated carbocycles. The molecular formula is C24H20N4O5S2. The van der Waals surface area contributed by atoms with Gasteiger partial charge in [0.1, 0.15) is 11.9 Å². The first-order valence-electron chi connectivity index (χ1n) is 10.5. The second-order valence-corrected chi connectivity index (χ2v) is 9.26. The molecule has 178 valence electrons. The quantitative estimate of drug-likeness (QED) is 0.133. The lowest BCUT2D eigenvalue weighted by molar-refractivity contribution is -0.383. The molecule has 0 fully saturated rings. The van der Waals surface area contributed by atoms with Gasteiger partial charge in [0.05, 0.1) is 21.4 Å². The van der Waals surface area contributed by atoms with Crippen molar-refractivity contribution in [3.8, 4) is 0 Å². The monoisotopic (exact) mass is 508 g/mol. The summed E-state index contributed by atoms with van der Waals surface area (Å²) in [7, 11) is 1.76. The number of ether oxygens (including phenoxy) is 1. The number of likely N-dealkylation sites (N-methyl/N-ethyl adjacent to an activating group) is 1. The minimum Gasteiger partial charge on any atom is -0.463 e. The Morgan fingerprint density at radius 1 is 1.09 bits per heavy atom. The van der Waals surface area contributed by atoms with Gasteiger partial charge in [-0.3, -0.25) is 14.9 Å². The molecular weight excluding hydrogens is 488 g/mol. The number of nitro groups is 1. The minimum absolute atomic E-state index is 0.0614. The molecule has 0 radical (unpaired) electrons. The van der Waals surface area contributed by atoms with E-state index in [9.17, 15) is 14.9 Å². The van der Waals surface area contributed by atoms with E-state index in [1.165, 1.54) is 17.8 Å². The third kappa shape index (κ3) is 5.64. The molecule has 0 N–H and O–H groups in total. The molecule has 9 nitrogen and oxygen atoms in total. The molecule has 4 rings (SSSR count). The van der Waals surface area contributed by atoms with Gasteiger partial charge < -0.3 is 9.64 Å². The molecule has 3 aromatic carbocycles. The lowest BCUT2D eigenvalue weighted by Crippen LogP contribution is -2.25. The molecule has 1 atom stereocenters. The van der Waals surface area contributed by atoms with Crippen LogP contribution in [-0.4, -0.2) is 45.6 Å². The highest BCUT2D eigenvalue weighted by Gasteiger charge is 2.26. The SMILES string of the molecule is CN(CCOC(=O)C(SC(=S)c1ccccc1)c1ccccc1)c1ccc([N+](=O)[O-])c2nonc12. The predicted octanol–water partition coefficient (Wildman–Crippen LogP) is 4.96. The first-order valence-corrected chi connectivity index (χ1v) is 11.8. The number of hydrogen-bond acceptors (Lipinski definition) is 10. The largest absolute Gasteiger partial charge is 0.463 e. The lowest BCUT2D eigenvalue weighted by Gasteiger charge is -2.21. The number of hydrogen-bond donors (Lipinski definition) is 0. The van der Waals surface area contributed by atoms with Crippen LogP contribution in [0.1, 0.15) is 16.4 Å². The molecule has 35 heavy (non-hydrogen) atoms. The Labute approximate surface area is 210 Å². The third-order valence-electron chi connectivity index (χ3n) is 5.20. The van der Waals surface area contributed by atoms with Crippen molar-refractivity contribution >= 4 is 56.6 Å². The highest BCUT2D eigenvalue weighted by atomic mass is 32.2. The number of aromatic nitrogens is 2. The number of benzene rings is 3. The zero-order valence-electron chi connectivity index (χ0n) is 18.6. The van der Waals surface area contributed by atoms with Crippen LogP contribution in [0, 0.1) is 10.1 Å². The summed E-state index contributed by atoms with van der Waals surface area (Å²) in [6.45, 7) is 0.405. The smallest absolute Gasteiger partial charge is 0.324 e. The average Bonchev–Trinajstić information content (AvgIpc) is 3.37. The van der Waals surface area contributed by atoms with Crippen molar-refractivity contribution in [3.63, 3.8) is 0 Å². The molecule has 4 aromatic rings. The van der Waals surface area contributed by atoms with Gasteiger partial charge in [-0.15, -0.1) is 0 Å². The maximum absolute atomic E-state index is 13.1. The summed E-state index contributed by atoms with van der Waals surface area (Å²) in [6.07, 6.45) is 0. The number of carbonyl (C=O) groups excluding carboxylic acids is 1. The van der Waals surface area contributed by atoms with E-state index in [2.05, 4.69) is 10.3 Å². The van der Waals surface area contributed by atoms with Crippen molar-refractivity contribution in [2.45, 2.75) is 5.25 Å². The van der Waals surface area contributed by atoms with E-state index < -0.39 is 16.1 Å². The van der Waals surface area contributed by atoms with E-state index in [4.69, 9.17) is 21.6 Å². The zero-order chi connectivity index (χ0) is 24.8. The number of thiocarbonyl (C=S) groups is 1. The fourth-order valence-corrected chi connectivity index (χ4v) is 4.77. The predicted molar refractivity (Wildman–Crippen MR) is 138 cm³/mol. The fourth-order valence-electron chi connectivity index (χ4n) is 3.40. The highest BCUT2D eigenvalue weighted by molar-refractivity contribution is 8.24. The van der Waals surface area contributed by atoms with E-state index >= 15 is 0 Å². The van der Waals surface area contributed by atoms with Crippen molar-refractivity contribution in [1.82, 2.24) is 10.3 Å². The van der Waals surface area contributed by atoms with Crippen LogP contribution in [-0.2, 0) is 9.53 Å². The standard InChI is InChI=1S/C24H20N4O5S2/c1-27(18-12-13-19(28(30)31)21-20(18)25-33-26-21)14-15-32-23(29)22(16-8-4-2-5-9-16)35-24(34)17-10-6-3-7-11-17/h2-13,22H,14-15H2,1H3. The maximum Gasteiger partial charge on any atom is 0.324 e. The molecule has 1 aromatic heterocycles. The molecule has 0 saturated heterocycles. The van der Waals surface area contributed by atoms with Crippen LogP contribution in [0.2, 0.25) is 0 Å². The van der Waals surface area contributed by atoms with Gasteiger partial charge in [0.25, 0.3) is 0 Å². The molecule has 0 bridgehead atoms. The van der Waals surface area contributed by atoms with E-state index in [0.717, 1.165) is 11.1 Å². The summed E-state index contributed by atoms with van der Waals surface area (Å²) in [6, 6.07) is 21.7. The molecule has 0 aliphatic heterocycles. The van der Waals surface area contributed by atoms with Crippen molar-refractivity contribution in [1.29, 1.82) is 0 Å². The lowest BCUT2D eigenvalue weighted by atomic mass is 10.1. The van der Waals surface area contributed by atoms with Crippen LogP contribution in [0.3, 0.4) is 0 Å². The number of carbonyl (C=O) groups is 1. The Bertz CT molecular complexity index is 1350.